The molecule has 1 aromatic rings. The Labute approximate surface area is 155 Å². The average Bonchev–Trinajstić information content (AvgIpc) is 2.54. The van der Waals surface area contributed by atoms with Crippen molar-refractivity contribution in [2.24, 2.45) is 10.3 Å². The Morgan fingerprint density at radius 2 is 2.08 bits per heavy atom. The molecule has 26 heavy (non-hydrogen) atoms. The molecule has 1 aromatic carbocycles. The summed E-state index contributed by atoms with van der Waals surface area (Å²) in [5, 5.41) is 3.42. The van der Waals surface area contributed by atoms with Crippen LogP contribution in [0, 0.1) is 5.92 Å². The number of rotatable bonds is 6. The summed E-state index contributed by atoms with van der Waals surface area (Å²) >= 11 is 0. The summed E-state index contributed by atoms with van der Waals surface area (Å²) in [6, 6.07) is 10.5. The summed E-state index contributed by atoms with van der Waals surface area (Å²) in [6.07, 6.45) is 5.35. The molecule has 0 bridgehead atoms. The van der Waals surface area contributed by atoms with Gasteiger partial charge in [0.2, 0.25) is 0 Å². The van der Waals surface area contributed by atoms with E-state index in [9.17, 15) is 8.42 Å². The summed E-state index contributed by atoms with van der Waals surface area (Å²) in [7, 11) is -3.60. The fourth-order valence-corrected chi connectivity index (χ4v) is 4.56. The van der Waals surface area contributed by atoms with Gasteiger partial charge in [-0.05, 0) is 57.2 Å². The molecule has 3 atom stereocenters. The third-order valence-electron chi connectivity index (χ3n) is 4.65. The predicted octanol–water partition coefficient (Wildman–Crippen LogP) is 2.54. The van der Waals surface area contributed by atoms with Gasteiger partial charge in [-0.1, -0.05) is 30.3 Å². The third-order valence-corrected chi connectivity index (χ3v) is 5.70. The van der Waals surface area contributed by atoms with E-state index in [2.05, 4.69) is 38.7 Å². The molecule has 2 heterocycles. The van der Waals surface area contributed by atoms with Gasteiger partial charge in [0.05, 0.1) is 11.8 Å². The number of ether oxygens (including phenoxy) is 1. The monoisotopic (exact) mass is 377 g/mol. The maximum atomic E-state index is 11.7. The average molecular weight is 378 g/mol. The van der Waals surface area contributed by atoms with E-state index in [4.69, 9.17) is 4.74 Å². The standard InChI is InChI=1S/C19H27N3O3S/c1-14-10-18(22-26(23,24)21-14)11-15(2)25-19-13-17(8-9-20-19)12-16-6-4-3-5-7-16/h3-7,10,15,17,19-20,22H,8-9,11-13H2,1-2H3. The van der Waals surface area contributed by atoms with Crippen molar-refractivity contribution in [2.75, 3.05) is 6.54 Å². The van der Waals surface area contributed by atoms with Gasteiger partial charge in [-0.15, -0.1) is 0 Å². The van der Waals surface area contributed by atoms with E-state index in [1.54, 1.807) is 13.0 Å². The van der Waals surface area contributed by atoms with Crippen LogP contribution in [0.5, 0.6) is 0 Å². The van der Waals surface area contributed by atoms with Crippen LogP contribution in [0.2, 0.25) is 0 Å². The molecule has 0 amide bonds. The highest BCUT2D eigenvalue weighted by molar-refractivity contribution is 7.88. The number of piperidine rings is 1. The second-order valence-corrected chi connectivity index (χ2v) is 8.49. The van der Waals surface area contributed by atoms with E-state index in [1.807, 2.05) is 13.0 Å². The van der Waals surface area contributed by atoms with Crippen molar-refractivity contribution >= 4 is 15.9 Å². The van der Waals surface area contributed by atoms with Crippen LogP contribution in [0.25, 0.3) is 0 Å². The molecular weight excluding hydrogens is 350 g/mol. The lowest BCUT2D eigenvalue weighted by Crippen LogP contribution is -2.42. The second-order valence-electron chi connectivity index (χ2n) is 7.15. The van der Waals surface area contributed by atoms with E-state index in [0.29, 0.717) is 23.7 Å². The molecule has 6 nitrogen and oxygen atoms in total. The van der Waals surface area contributed by atoms with E-state index in [1.165, 1.54) is 5.56 Å². The van der Waals surface area contributed by atoms with Crippen molar-refractivity contribution in [3.63, 3.8) is 0 Å². The van der Waals surface area contributed by atoms with Gasteiger partial charge < -0.3 is 4.74 Å². The third kappa shape index (κ3) is 5.65. The lowest BCUT2D eigenvalue weighted by molar-refractivity contribution is -0.0449. The summed E-state index contributed by atoms with van der Waals surface area (Å²) in [6.45, 7) is 4.59. The van der Waals surface area contributed by atoms with Crippen molar-refractivity contribution in [1.82, 2.24) is 10.0 Å². The SMILES string of the molecule is CC1=NS(=O)(=O)NC(CC(C)OC2CC(Cc3ccccc3)CCN2)=C1. The number of hydrogen-bond acceptors (Lipinski definition) is 4. The van der Waals surface area contributed by atoms with Gasteiger partial charge in [-0.3, -0.25) is 10.0 Å². The summed E-state index contributed by atoms with van der Waals surface area (Å²) in [4.78, 5) is 0. The Morgan fingerprint density at radius 3 is 2.81 bits per heavy atom. The zero-order valence-corrected chi connectivity index (χ0v) is 16.1. The first-order chi connectivity index (χ1) is 12.4. The molecule has 1 fully saturated rings. The van der Waals surface area contributed by atoms with Crippen LogP contribution in [0.15, 0.2) is 46.5 Å². The van der Waals surface area contributed by atoms with Gasteiger partial charge in [-0.25, -0.2) is 0 Å². The molecule has 1 saturated heterocycles. The molecule has 2 aliphatic heterocycles. The Morgan fingerprint density at radius 1 is 1.31 bits per heavy atom. The molecule has 2 N–H and O–H groups in total. The summed E-state index contributed by atoms with van der Waals surface area (Å²) in [5.41, 5.74) is 2.48. The highest BCUT2D eigenvalue weighted by Crippen LogP contribution is 2.23. The van der Waals surface area contributed by atoms with E-state index in [-0.39, 0.29) is 12.3 Å². The minimum Gasteiger partial charge on any atom is -0.360 e. The highest BCUT2D eigenvalue weighted by atomic mass is 32.2. The molecule has 0 spiro atoms. The number of allylic oxidation sites excluding steroid dienone is 1. The number of benzene rings is 1. The van der Waals surface area contributed by atoms with Crippen LogP contribution in [-0.2, 0) is 21.4 Å². The van der Waals surface area contributed by atoms with E-state index < -0.39 is 10.2 Å². The number of nitrogens with one attached hydrogen (secondary N) is 2. The smallest absolute Gasteiger partial charge is 0.342 e. The van der Waals surface area contributed by atoms with Crippen molar-refractivity contribution in [2.45, 2.75) is 51.9 Å². The number of nitrogens with zero attached hydrogens (tertiary/aromatic N) is 1. The van der Waals surface area contributed by atoms with Gasteiger partial charge >= 0.3 is 10.2 Å². The Bertz CT molecular complexity index is 774. The van der Waals surface area contributed by atoms with E-state index >= 15 is 0 Å². The zero-order valence-electron chi connectivity index (χ0n) is 15.3. The van der Waals surface area contributed by atoms with Gasteiger partial charge in [0, 0.05) is 12.1 Å². The normalized spacial score (nSPS) is 26.4. The summed E-state index contributed by atoms with van der Waals surface area (Å²) in [5.74, 6) is 0.595. The van der Waals surface area contributed by atoms with Gasteiger partial charge in [0.1, 0.15) is 6.23 Å². The van der Waals surface area contributed by atoms with Crippen LogP contribution in [0.3, 0.4) is 0 Å². The lowest BCUT2D eigenvalue weighted by Gasteiger charge is -2.32. The van der Waals surface area contributed by atoms with Gasteiger partial charge in [0.25, 0.3) is 0 Å². The Balaban J connectivity index is 1.51. The van der Waals surface area contributed by atoms with Crippen LogP contribution < -0.4 is 10.0 Å². The number of hydrogen-bond donors (Lipinski definition) is 2. The molecule has 3 rings (SSSR count). The molecule has 2 aliphatic rings. The first kappa shape index (κ1) is 19.1. The molecule has 0 saturated carbocycles. The fourth-order valence-electron chi connectivity index (χ4n) is 3.61. The first-order valence-corrected chi connectivity index (χ1v) is 10.6. The fraction of sp³-hybridized carbons (Fsp3) is 0.526. The molecular formula is C19H27N3O3S. The van der Waals surface area contributed by atoms with Crippen LogP contribution >= 0.6 is 0 Å². The molecule has 3 unspecified atom stereocenters. The Hall–Kier alpha value is -1.70. The zero-order chi connectivity index (χ0) is 18.6. The largest absolute Gasteiger partial charge is 0.360 e. The minimum atomic E-state index is -3.60. The molecule has 0 aromatic heterocycles. The minimum absolute atomic E-state index is 0.00280. The van der Waals surface area contributed by atoms with Crippen LogP contribution in [0.1, 0.15) is 38.7 Å². The van der Waals surface area contributed by atoms with Crippen molar-refractivity contribution in [3.8, 4) is 0 Å². The second kappa shape index (κ2) is 8.33. The van der Waals surface area contributed by atoms with Crippen molar-refractivity contribution in [3.05, 3.63) is 47.7 Å². The van der Waals surface area contributed by atoms with E-state index in [0.717, 1.165) is 25.8 Å². The quantitative estimate of drug-likeness (QED) is 0.798. The van der Waals surface area contributed by atoms with Crippen molar-refractivity contribution in [1.29, 1.82) is 0 Å². The van der Waals surface area contributed by atoms with Crippen molar-refractivity contribution < 1.29 is 13.2 Å². The van der Waals surface area contributed by atoms with Gasteiger partial charge in [0.15, 0.2) is 0 Å². The lowest BCUT2D eigenvalue weighted by atomic mass is 9.90. The maximum Gasteiger partial charge on any atom is 0.342 e. The van der Waals surface area contributed by atoms with Gasteiger partial charge in [-0.2, -0.15) is 12.8 Å². The maximum absolute atomic E-state index is 11.7. The molecule has 142 valence electrons. The topological polar surface area (TPSA) is 79.8 Å². The summed E-state index contributed by atoms with van der Waals surface area (Å²) < 4.78 is 35.5. The molecule has 0 aliphatic carbocycles. The first-order valence-electron chi connectivity index (χ1n) is 9.12. The van der Waals surface area contributed by atoms with Crippen LogP contribution in [-0.4, -0.2) is 33.0 Å². The molecule has 0 radical (unpaired) electrons. The molecule has 7 heteroatoms. The predicted molar refractivity (Wildman–Crippen MR) is 103 cm³/mol. The van der Waals surface area contributed by atoms with Crippen LogP contribution in [0.4, 0.5) is 0 Å². The highest BCUT2D eigenvalue weighted by Gasteiger charge is 2.25. The Kier molecular flexibility index (Phi) is 6.11.